The molecule has 21 heavy (non-hydrogen) atoms. The van der Waals surface area contributed by atoms with E-state index in [4.69, 9.17) is 4.42 Å². The number of fused-ring (bicyclic) bond motifs is 1. The molecule has 0 radical (unpaired) electrons. The fourth-order valence-corrected chi connectivity index (χ4v) is 3.84. The minimum absolute atomic E-state index is 0.157. The van der Waals surface area contributed by atoms with Gasteiger partial charge in [-0.3, -0.25) is 9.69 Å². The molecule has 0 aliphatic carbocycles. The van der Waals surface area contributed by atoms with Crippen LogP contribution in [-0.4, -0.2) is 40.8 Å². The summed E-state index contributed by atoms with van der Waals surface area (Å²) in [4.78, 5) is 14.8. The molecule has 1 aromatic heterocycles. The van der Waals surface area contributed by atoms with Gasteiger partial charge in [0, 0.05) is 22.4 Å². The largest absolute Gasteiger partial charge is 0.464 e. The highest BCUT2D eigenvalue weighted by Crippen LogP contribution is 2.30. The first-order valence-corrected chi connectivity index (χ1v) is 8.39. The predicted octanol–water partition coefficient (Wildman–Crippen LogP) is 3.83. The highest BCUT2D eigenvalue weighted by molar-refractivity contribution is 8.00. The van der Waals surface area contributed by atoms with Crippen molar-refractivity contribution in [1.82, 2.24) is 4.90 Å². The third-order valence-corrected chi connectivity index (χ3v) is 5.45. The first-order chi connectivity index (χ1) is 10.1. The molecule has 0 amide bonds. The van der Waals surface area contributed by atoms with Crippen LogP contribution in [0.5, 0.6) is 0 Å². The van der Waals surface area contributed by atoms with Gasteiger partial charge in [-0.2, -0.15) is 11.8 Å². The van der Waals surface area contributed by atoms with E-state index in [0.29, 0.717) is 16.9 Å². The van der Waals surface area contributed by atoms with E-state index in [9.17, 15) is 4.79 Å². The molecule has 3 rings (SSSR count). The summed E-state index contributed by atoms with van der Waals surface area (Å²) in [7, 11) is 0. The fraction of sp³-hybridized carbons (Fsp3) is 0.471. The Hall–Kier alpha value is -1.26. The van der Waals surface area contributed by atoms with E-state index < -0.39 is 0 Å². The molecule has 2 aromatic rings. The summed E-state index contributed by atoms with van der Waals surface area (Å²) in [5.74, 6) is 1.25. The number of ketones is 1. The molecular formula is C17H21NO2S. The molecule has 0 unspecified atom stereocenters. The molecular weight excluding hydrogens is 282 g/mol. The van der Waals surface area contributed by atoms with Crippen molar-refractivity contribution in [1.29, 1.82) is 0 Å². The van der Waals surface area contributed by atoms with Crippen molar-refractivity contribution in [2.75, 3.05) is 25.4 Å². The molecule has 2 heterocycles. The summed E-state index contributed by atoms with van der Waals surface area (Å²) in [6.07, 6.45) is 2.72. The number of hydrogen-bond donors (Lipinski definition) is 0. The van der Waals surface area contributed by atoms with E-state index in [-0.39, 0.29) is 5.78 Å². The molecule has 0 bridgehead atoms. The van der Waals surface area contributed by atoms with Gasteiger partial charge in [-0.25, -0.2) is 0 Å². The molecule has 4 heteroatoms. The van der Waals surface area contributed by atoms with Crippen LogP contribution < -0.4 is 0 Å². The standard InChI is InChI=1S/C17H21NO2S/c1-17(2)7-8-18(9-10-21-17)11-15(19)14-12-20-16-6-4-3-5-13(14)16/h3-6,12H,7-11H2,1-2H3. The quantitative estimate of drug-likeness (QED) is 0.807. The predicted molar refractivity (Wildman–Crippen MR) is 88.1 cm³/mol. The Morgan fingerprint density at radius 1 is 1.33 bits per heavy atom. The van der Waals surface area contributed by atoms with E-state index in [1.54, 1.807) is 6.26 Å². The van der Waals surface area contributed by atoms with Gasteiger partial charge in [0.15, 0.2) is 5.78 Å². The Labute approximate surface area is 129 Å². The molecule has 1 aromatic carbocycles. The third-order valence-electron chi connectivity index (χ3n) is 4.08. The smallest absolute Gasteiger partial charge is 0.180 e. The molecule has 0 spiro atoms. The second kappa shape index (κ2) is 5.85. The monoisotopic (exact) mass is 303 g/mol. The van der Waals surface area contributed by atoms with Crippen molar-refractivity contribution in [3.8, 4) is 0 Å². The number of nitrogens with zero attached hydrogens (tertiary/aromatic N) is 1. The van der Waals surface area contributed by atoms with Crippen LogP contribution in [0.4, 0.5) is 0 Å². The second-order valence-electron chi connectivity index (χ2n) is 6.20. The minimum atomic E-state index is 0.157. The zero-order valence-corrected chi connectivity index (χ0v) is 13.4. The van der Waals surface area contributed by atoms with E-state index in [0.717, 1.165) is 36.2 Å². The topological polar surface area (TPSA) is 33.5 Å². The Morgan fingerprint density at radius 2 is 2.14 bits per heavy atom. The second-order valence-corrected chi connectivity index (χ2v) is 8.01. The number of furan rings is 1. The van der Waals surface area contributed by atoms with Crippen LogP contribution in [0.3, 0.4) is 0 Å². The molecule has 1 fully saturated rings. The molecule has 1 saturated heterocycles. The van der Waals surface area contributed by atoms with Gasteiger partial charge < -0.3 is 4.42 Å². The number of rotatable bonds is 3. The highest BCUT2D eigenvalue weighted by atomic mass is 32.2. The lowest BCUT2D eigenvalue weighted by atomic mass is 10.1. The number of thioether (sulfide) groups is 1. The van der Waals surface area contributed by atoms with E-state index >= 15 is 0 Å². The van der Waals surface area contributed by atoms with E-state index in [1.807, 2.05) is 36.0 Å². The normalized spacial score (nSPS) is 19.5. The maximum atomic E-state index is 12.6. The summed E-state index contributed by atoms with van der Waals surface area (Å²) < 4.78 is 5.79. The molecule has 112 valence electrons. The van der Waals surface area contributed by atoms with Crippen LogP contribution in [0.15, 0.2) is 34.9 Å². The van der Waals surface area contributed by atoms with Gasteiger partial charge in [0.05, 0.1) is 12.1 Å². The summed E-state index contributed by atoms with van der Waals surface area (Å²) in [6.45, 7) is 7.02. The van der Waals surface area contributed by atoms with Crippen molar-refractivity contribution < 1.29 is 9.21 Å². The summed E-state index contributed by atoms with van der Waals surface area (Å²) in [6, 6.07) is 7.72. The van der Waals surface area contributed by atoms with Crippen molar-refractivity contribution in [2.24, 2.45) is 0 Å². The lowest BCUT2D eigenvalue weighted by Gasteiger charge is -2.22. The number of Topliss-reactive ketones (excluding diaryl/α,β-unsaturated/α-hetero) is 1. The van der Waals surface area contributed by atoms with E-state index in [1.165, 1.54) is 0 Å². The molecule has 1 aliphatic rings. The van der Waals surface area contributed by atoms with Crippen LogP contribution in [0.2, 0.25) is 0 Å². The molecule has 1 aliphatic heterocycles. The molecule has 0 saturated carbocycles. The lowest BCUT2D eigenvalue weighted by molar-refractivity contribution is 0.0934. The minimum Gasteiger partial charge on any atom is -0.464 e. The average molecular weight is 303 g/mol. The fourth-order valence-electron chi connectivity index (χ4n) is 2.70. The van der Waals surface area contributed by atoms with Crippen LogP contribution >= 0.6 is 11.8 Å². The van der Waals surface area contributed by atoms with Crippen LogP contribution in [0.25, 0.3) is 11.0 Å². The number of para-hydroxylation sites is 1. The first kappa shape index (κ1) is 14.7. The van der Waals surface area contributed by atoms with Crippen LogP contribution in [0.1, 0.15) is 30.6 Å². The summed E-state index contributed by atoms with van der Waals surface area (Å²) in [5, 5.41) is 0.923. The van der Waals surface area contributed by atoms with Gasteiger partial charge >= 0.3 is 0 Å². The van der Waals surface area contributed by atoms with Crippen molar-refractivity contribution in [3.05, 3.63) is 36.1 Å². The lowest BCUT2D eigenvalue weighted by Crippen LogP contribution is -2.32. The van der Waals surface area contributed by atoms with Crippen molar-refractivity contribution in [2.45, 2.75) is 25.0 Å². The number of carbonyl (C=O) groups is 1. The van der Waals surface area contributed by atoms with Gasteiger partial charge in [0.1, 0.15) is 11.8 Å². The molecule has 0 atom stereocenters. The van der Waals surface area contributed by atoms with Crippen LogP contribution in [-0.2, 0) is 0 Å². The van der Waals surface area contributed by atoms with Gasteiger partial charge in [-0.1, -0.05) is 32.0 Å². The number of hydrogen-bond acceptors (Lipinski definition) is 4. The highest BCUT2D eigenvalue weighted by Gasteiger charge is 2.25. The SMILES string of the molecule is CC1(C)CCN(CC(=O)c2coc3ccccc23)CCS1. The molecule has 0 N–H and O–H groups in total. The number of carbonyl (C=O) groups excluding carboxylic acids is 1. The zero-order valence-electron chi connectivity index (χ0n) is 12.6. The van der Waals surface area contributed by atoms with Gasteiger partial charge in [0.2, 0.25) is 0 Å². The Bertz CT molecular complexity index is 647. The average Bonchev–Trinajstić information content (AvgIpc) is 2.81. The van der Waals surface area contributed by atoms with E-state index in [2.05, 4.69) is 18.7 Å². The van der Waals surface area contributed by atoms with Crippen molar-refractivity contribution >= 4 is 28.5 Å². The first-order valence-electron chi connectivity index (χ1n) is 7.41. The summed E-state index contributed by atoms with van der Waals surface area (Å²) >= 11 is 2.00. The molecule has 3 nitrogen and oxygen atoms in total. The van der Waals surface area contributed by atoms with Gasteiger partial charge in [0.25, 0.3) is 0 Å². The Morgan fingerprint density at radius 3 is 3.00 bits per heavy atom. The summed E-state index contributed by atoms with van der Waals surface area (Å²) in [5.41, 5.74) is 1.50. The third kappa shape index (κ3) is 3.33. The van der Waals surface area contributed by atoms with Crippen LogP contribution in [0, 0.1) is 0 Å². The Balaban J connectivity index is 1.71. The van der Waals surface area contributed by atoms with Gasteiger partial charge in [-0.15, -0.1) is 0 Å². The van der Waals surface area contributed by atoms with Crippen molar-refractivity contribution in [3.63, 3.8) is 0 Å². The van der Waals surface area contributed by atoms with Gasteiger partial charge in [-0.05, 0) is 19.0 Å². The number of benzene rings is 1. The maximum absolute atomic E-state index is 12.6. The maximum Gasteiger partial charge on any atom is 0.180 e. The Kier molecular flexibility index (Phi) is 4.09. The zero-order chi connectivity index (χ0) is 14.9.